The Labute approximate surface area is 56.9 Å². The maximum atomic E-state index is 8.52. The molecule has 0 radical (unpaired) electrons. The van der Waals surface area contributed by atoms with Crippen LogP contribution in [0.5, 0.6) is 0 Å². The fraction of sp³-hybridized carbons (Fsp3) is 1.00. The normalized spacial score (nSPS) is 8.57. The SMILES string of the molecule is CC(C)(C)O.Cl.Cl. The third-order valence-electron chi connectivity index (χ3n) is 0. The topological polar surface area (TPSA) is 20.2 Å². The molecule has 0 unspecified atom stereocenters. The van der Waals surface area contributed by atoms with Crippen molar-refractivity contribution >= 4 is 24.8 Å². The summed E-state index contributed by atoms with van der Waals surface area (Å²) in [6.45, 7) is 5.23. The molecule has 0 atom stereocenters. The van der Waals surface area contributed by atoms with Crippen molar-refractivity contribution in [1.29, 1.82) is 0 Å². The highest BCUT2D eigenvalue weighted by molar-refractivity contribution is 5.85. The number of rotatable bonds is 0. The summed E-state index contributed by atoms with van der Waals surface area (Å²) in [5.74, 6) is 0. The van der Waals surface area contributed by atoms with Crippen molar-refractivity contribution in [2.45, 2.75) is 26.4 Å². The van der Waals surface area contributed by atoms with E-state index in [0.717, 1.165) is 0 Å². The van der Waals surface area contributed by atoms with Crippen LogP contribution in [-0.2, 0) is 0 Å². The average Bonchev–Trinajstić information content (AvgIpc) is 0.722. The van der Waals surface area contributed by atoms with E-state index in [1.54, 1.807) is 20.8 Å². The van der Waals surface area contributed by atoms with Gasteiger partial charge in [0.25, 0.3) is 0 Å². The fourth-order valence-corrected chi connectivity index (χ4v) is 0. The molecule has 0 spiro atoms. The summed E-state index contributed by atoms with van der Waals surface area (Å²) in [5, 5.41) is 8.52. The van der Waals surface area contributed by atoms with Crippen molar-refractivity contribution < 1.29 is 5.11 Å². The minimum atomic E-state index is -0.500. The highest BCUT2D eigenvalue weighted by Crippen LogP contribution is 1.93. The smallest absolute Gasteiger partial charge is 0.0563 e. The predicted octanol–water partition coefficient (Wildman–Crippen LogP) is 1.62. The van der Waals surface area contributed by atoms with Gasteiger partial charge in [0.1, 0.15) is 0 Å². The molecular weight excluding hydrogens is 135 g/mol. The Bertz CT molecular complexity index is 25.2. The predicted molar refractivity (Wildman–Crippen MR) is 36.5 cm³/mol. The van der Waals surface area contributed by atoms with Gasteiger partial charge in [-0.1, -0.05) is 0 Å². The van der Waals surface area contributed by atoms with E-state index in [0.29, 0.717) is 0 Å². The molecule has 0 aliphatic carbocycles. The first-order chi connectivity index (χ1) is 2.00. The number of hydrogen-bond donors (Lipinski definition) is 1. The summed E-state index contributed by atoms with van der Waals surface area (Å²) in [7, 11) is 0. The highest BCUT2D eigenvalue weighted by atomic mass is 35.5. The van der Waals surface area contributed by atoms with Gasteiger partial charge in [-0.25, -0.2) is 0 Å². The number of hydrogen-bond acceptors (Lipinski definition) is 1. The molecule has 48 valence electrons. The molecule has 0 aliphatic rings. The minimum absolute atomic E-state index is 0. The lowest BCUT2D eigenvalue weighted by molar-refractivity contribution is 0.102. The first-order valence-electron chi connectivity index (χ1n) is 1.72. The van der Waals surface area contributed by atoms with Crippen LogP contribution in [0.15, 0.2) is 0 Å². The fourth-order valence-electron chi connectivity index (χ4n) is 0. The van der Waals surface area contributed by atoms with Gasteiger partial charge in [-0.3, -0.25) is 0 Å². The second-order valence-electron chi connectivity index (χ2n) is 2.17. The van der Waals surface area contributed by atoms with Crippen molar-refractivity contribution in [3.63, 3.8) is 0 Å². The molecule has 0 bridgehead atoms. The van der Waals surface area contributed by atoms with Gasteiger partial charge >= 0.3 is 0 Å². The van der Waals surface area contributed by atoms with E-state index in [-0.39, 0.29) is 24.8 Å². The largest absolute Gasteiger partial charge is 0.391 e. The second-order valence-corrected chi connectivity index (χ2v) is 2.17. The van der Waals surface area contributed by atoms with E-state index < -0.39 is 5.60 Å². The van der Waals surface area contributed by atoms with Crippen LogP contribution in [0.4, 0.5) is 0 Å². The van der Waals surface area contributed by atoms with Gasteiger partial charge in [0.15, 0.2) is 0 Å². The van der Waals surface area contributed by atoms with E-state index >= 15 is 0 Å². The molecule has 3 heteroatoms. The van der Waals surface area contributed by atoms with Crippen LogP contribution in [0.25, 0.3) is 0 Å². The Morgan fingerprint density at radius 1 is 1.00 bits per heavy atom. The number of aliphatic hydroxyl groups is 1. The van der Waals surface area contributed by atoms with Crippen LogP contribution in [0, 0.1) is 0 Å². The van der Waals surface area contributed by atoms with Crippen molar-refractivity contribution in [3.05, 3.63) is 0 Å². The molecule has 0 aromatic heterocycles. The summed E-state index contributed by atoms with van der Waals surface area (Å²) >= 11 is 0. The van der Waals surface area contributed by atoms with Crippen LogP contribution in [0.3, 0.4) is 0 Å². The average molecular weight is 147 g/mol. The molecule has 0 rings (SSSR count). The Hall–Kier alpha value is 0.540. The van der Waals surface area contributed by atoms with Crippen LogP contribution < -0.4 is 0 Å². The summed E-state index contributed by atoms with van der Waals surface area (Å²) in [6, 6.07) is 0. The van der Waals surface area contributed by atoms with Crippen LogP contribution >= 0.6 is 24.8 Å². The zero-order valence-corrected chi connectivity index (χ0v) is 6.40. The highest BCUT2D eigenvalue weighted by Gasteiger charge is 1.97. The molecule has 0 saturated carbocycles. The van der Waals surface area contributed by atoms with Gasteiger partial charge in [-0.2, -0.15) is 0 Å². The maximum absolute atomic E-state index is 8.52. The van der Waals surface area contributed by atoms with Gasteiger partial charge < -0.3 is 5.11 Å². The third kappa shape index (κ3) is 462. The Morgan fingerprint density at radius 2 is 1.00 bits per heavy atom. The molecule has 7 heavy (non-hydrogen) atoms. The number of halogens is 2. The Balaban J connectivity index is -0.0000000800. The molecule has 1 nitrogen and oxygen atoms in total. The third-order valence-corrected chi connectivity index (χ3v) is 0. The van der Waals surface area contributed by atoms with E-state index in [9.17, 15) is 0 Å². The van der Waals surface area contributed by atoms with Crippen molar-refractivity contribution in [2.24, 2.45) is 0 Å². The maximum Gasteiger partial charge on any atom is 0.0563 e. The molecular formula is C4H12Cl2O. The molecule has 0 amide bonds. The Kier molecular flexibility index (Phi) is 10.5. The summed E-state index contributed by atoms with van der Waals surface area (Å²) in [5.41, 5.74) is -0.500. The van der Waals surface area contributed by atoms with Crippen LogP contribution in [0.2, 0.25) is 0 Å². The first-order valence-corrected chi connectivity index (χ1v) is 1.72. The molecule has 0 aromatic rings. The van der Waals surface area contributed by atoms with Gasteiger partial charge in [0.05, 0.1) is 5.60 Å². The minimum Gasteiger partial charge on any atom is -0.391 e. The van der Waals surface area contributed by atoms with Gasteiger partial charge in [-0.15, -0.1) is 24.8 Å². The quantitative estimate of drug-likeness (QED) is 0.551. The Morgan fingerprint density at radius 3 is 1.00 bits per heavy atom. The summed E-state index contributed by atoms with van der Waals surface area (Å²) < 4.78 is 0. The van der Waals surface area contributed by atoms with Crippen LogP contribution in [0.1, 0.15) is 20.8 Å². The molecule has 0 aliphatic heterocycles. The lowest BCUT2D eigenvalue weighted by atomic mass is 10.2. The molecule has 0 fully saturated rings. The summed E-state index contributed by atoms with van der Waals surface area (Å²) in [4.78, 5) is 0. The van der Waals surface area contributed by atoms with Crippen molar-refractivity contribution in [3.8, 4) is 0 Å². The van der Waals surface area contributed by atoms with Gasteiger partial charge in [0.2, 0.25) is 0 Å². The zero-order valence-electron chi connectivity index (χ0n) is 4.76. The lowest BCUT2D eigenvalue weighted by Gasteiger charge is -2.04. The summed E-state index contributed by atoms with van der Waals surface area (Å²) in [6.07, 6.45) is 0. The molecule has 1 N–H and O–H groups in total. The van der Waals surface area contributed by atoms with Crippen LogP contribution in [-0.4, -0.2) is 10.7 Å². The van der Waals surface area contributed by atoms with Crippen molar-refractivity contribution in [1.82, 2.24) is 0 Å². The van der Waals surface area contributed by atoms with Crippen molar-refractivity contribution in [2.75, 3.05) is 0 Å². The van der Waals surface area contributed by atoms with E-state index in [1.165, 1.54) is 0 Å². The lowest BCUT2D eigenvalue weighted by Crippen LogP contribution is -2.10. The van der Waals surface area contributed by atoms with E-state index in [2.05, 4.69) is 0 Å². The zero-order chi connectivity index (χ0) is 4.50. The standard InChI is InChI=1S/C4H10O.2ClH/c1-4(2,3)5;;/h5H,1-3H3;2*1H. The molecule has 0 saturated heterocycles. The second kappa shape index (κ2) is 4.69. The molecule has 0 heterocycles. The molecule has 0 aromatic carbocycles. The van der Waals surface area contributed by atoms with E-state index in [1.807, 2.05) is 0 Å². The van der Waals surface area contributed by atoms with Gasteiger partial charge in [0, 0.05) is 0 Å². The van der Waals surface area contributed by atoms with E-state index in [4.69, 9.17) is 5.11 Å². The monoisotopic (exact) mass is 146 g/mol. The first kappa shape index (κ1) is 15.6. The van der Waals surface area contributed by atoms with Gasteiger partial charge in [-0.05, 0) is 20.8 Å².